The highest BCUT2D eigenvalue weighted by molar-refractivity contribution is 7.94. The summed E-state index contributed by atoms with van der Waals surface area (Å²) in [7, 11) is -1.91. The van der Waals surface area contributed by atoms with Gasteiger partial charge in [-0.05, 0) is 45.9 Å². The number of methoxy groups -OCH3 is 1. The van der Waals surface area contributed by atoms with Gasteiger partial charge in [-0.3, -0.25) is 4.31 Å². The molecule has 0 aliphatic rings. The average Bonchev–Trinajstić information content (AvgIpc) is 2.38. The van der Waals surface area contributed by atoms with Crippen LogP contribution in [0.15, 0.2) is 24.3 Å². The summed E-state index contributed by atoms with van der Waals surface area (Å²) in [5.41, 5.74) is 6.12. The smallest absolute Gasteiger partial charge is 0.240 e. The van der Waals surface area contributed by atoms with Gasteiger partial charge in [0.05, 0.1) is 17.5 Å². The van der Waals surface area contributed by atoms with Gasteiger partial charge in [0.2, 0.25) is 10.0 Å². The first-order valence-electron chi connectivity index (χ1n) is 6.60. The van der Waals surface area contributed by atoms with E-state index in [-0.39, 0.29) is 0 Å². The van der Waals surface area contributed by atoms with Gasteiger partial charge in [-0.2, -0.15) is 0 Å². The van der Waals surface area contributed by atoms with E-state index in [0.717, 1.165) is 0 Å². The molecule has 1 rings (SSSR count). The molecule has 0 saturated carbocycles. The van der Waals surface area contributed by atoms with Crippen LogP contribution in [0.4, 0.5) is 5.69 Å². The number of anilines is 1. The van der Waals surface area contributed by atoms with Gasteiger partial charge in [0.1, 0.15) is 5.75 Å². The lowest BCUT2D eigenvalue weighted by atomic mass is 10.3. The molecule has 0 aliphatic carbocycles. The van der Waals surface area contributed by atoms with Crippen LogP contribution in [0.2, 0.25) is 0 Å². The fraction of sp³-hybridized carbons (Fsp3) is 0.571. The van der Waals surface area contributed by atoms with Gasteiger partial charge in [0.25, 0.3) is 0 Å². The Morgan fingerprint density at radius 2 is 1.95 bits per heavy atom. The average molecular weight is 300 g/mol. The van der Waals surface area contributed by atoms with Crippen LogP contribution in [0, 0.1) is 0 Å². The molecule has 0 unspecified atom stereocenters. The number of rotatable bonds is 6. The predicted molar refractivity (Wildman–Crippen MR) is 82.7 cm³/mol. The number of nitrogens with two attached hydrogens (primary N) is 1. The fourth-order valence-electron chi connectivity index (χ4n) is 1.72. The van der Waals surface area contributed by atoms with Crippen molar-refractivity contribution < 1.29 is 13.2 Å². The summed E-state index contributed by atoms with van der Waals surface area (Å²) in [6.45, 7) is 5.89. The Morgan fingerprint density at radius 3 is 2.45 bits per heavy atom. The summed E-state index contributed by atoms with van der Waals surface area (Å²) >= 11 is 0. The highest BCUT2D eigenvalue weighted by atomic mass is 32.2. The highest BCUT2D eigenvalue weighted by Crippen LogP contribution is 2.29. The van der Waals surface area contributed by atoms with E-state index in [2.05, 4.69) is 0 Å². The molecule has 0 amide bonds. The minimum absolute atomic E-state index is 0.364. The van der Waals surface area contributed by atoms with Crippen molar-refractivity contribution >= 4 is 15.7 Å². The summed E-state index contributed by atoms with van der Waals surface area (Å²) in [6, 6.07) is 7.05. The van der Waals surface area contributed by atoms with Crippen LogP contribution < -0.4 is 14.8 Å². The molecule has 114 valence electrons. The number of hydrogen-bond donors (Lipinski definition) is 1. The van der Waals surface area contributed by atoms with Crippen LogP contribution >= 0.6 is 0 Å². The second-order valence-corrected chi connectivity index (χ2v) is 8.15. The zero-order valence-electron chi connectivity index (χ0n) is 12.6. The summed E-state index contributed by atoms with van der Waals surface area (Å²) < 4.78 is 31.1. The van der Waals surface area contributed by atoms with Gasteiger partial charge in [0, 0.05) is 12.6 Å². The van der Waals surface area contributed by atoms with Gasteiger partial charge < -0.3 is 10.5 Å². The van der Waals surface area contributed by atoms with Crippen molar-refractivity contribution in [1.82, 2.24) is 0 Å². The monoisotopic (exact) mass is 300 g/mol. The molecular formula is C14H24N2O3S. The second-order valence-electron chi connectivity index (χ2n) is 5.53. The fourth-order valence-corrected chi connectivity index (χ4v) is 3.14. The lowest BCUT2D eigenvalue weighted by molar-refractivity contribution is 0.415. The molecule has 0 fully saturated rings. The van der Waals surface area contributed by atoms with Crippen LogP contribution in [0.1, 0.15) is 27.2 Å². The van der Waals surface area contributed by atoms with Crippen molar-refractivity contribution in [3.63, 3.8) is 0 Å². The molecule has 6 heteroatoms. The Bertz CT molecular complexity index is 536. The Morgan fingerprint density at radius 1 is 1.30 bits per heavy atom. The second kappa shape index (κ2) is 6.45. The number of hydrogen-bond acceptors (Lipinski definition) is 4. The minimum Gasteiger partial charge on any atom is -0.497 e. The molecule has 0 spiro atoms. The third-order valence-corrected chi connectivity index (χ3v) is 5.49. The first-order chi connectivity index (χ1) is 9.24. The molecule has 2 N–H and O–H groups in total. The Balaban J connectivity index is 3.25. The maximum atomic E-state index is 12.7. The predicted octanol–water partition coefficient (Wildman–Crippen LogP) is 1.98. The van der Waals surface area contributed by atoms with Crippen molar-refractivity contribution in [3.05, 3.63) is 24.3 Å². The maximum Gasteiger partial charge on any atom is 0.240 e. The lowest BCUT2D eigenvalue weighted by Gasteiger charge is -2.31. The summed E-state index contributed by atoms with van der Waals surface area (Å²) in [6.07, 6.45) is 0.604. The zero-order chi connectivity index (χ0) is 15.4. The molecule has 0 saturated heterocycles. The van der Waals surface area contributed by atoms with Gasteiger partial charge in [0.15, 0.2) is 0 Å². The SMILES string of the molecule is COc1cccc(N(CCCN)S(=O)(=O)C(C)(C)C)c1. The van der Waals surface area contributed by atoms with Gasteiger partial charge in [-0.15, -0.1) is 0 Å². The quantitative estimate of drug-likeness (QED) is 0.872. The molecule has 0 radical (unpaired) electrons. The van der Waals surface area contributed by atoms with Crippen LogP contribution in [-0.2, 0) is 10.0 Å². The van der Waals surface area contributed by atoms with Crippen LogP contribution in [0.25, 0.3) is 0 Å². The maximum absolute atomic E-state index is 12.7. The zero-order valence-corrected chi connectivity index (χ0v) is 13.4. The van der Waals surface area contributed by atoms with Crippen molar-refractivity contribution in [2.75, 3.05) is 24.5 Å². The van der Waals surface area contributed by atoms with E-state index >= 15 is 0 Å². The molecule has 1 aromatic carbocycles. The summed E-state index contributed by atoms with van der Waals surface area (Å²) in [5, 5.41) is 0. The Kier molecular flexibility index (Phi) is 5.42. The van der Waals surface area contributed by atoms with Crippen molar-refractivity contribution in [2.24, 2.45) is 5.73 Å². The van der Waals surface area contributed by atoms with E-state index in [1.54, 1.807) is 52.1 Å². The molecule has 5 nitrogen and oxygen atoms in total. The van der Waals surface area contributed by atoms with Crippen LogP contribution in [-0.4, -0.2) is 33.4 Å². The molecule has 0 atom stereocenters. The molecule has 0 bridgehead atoms. The normalized spacial score (nSPS) is 12.2. The van der Waals surface area contributed by atoms with E-state index < -0.39 is 14.8 Å². The number of benzene rings is 1. The first kappa shape index (κ1) is 16.8. The number of sulfonamides is 1. The number of ether oxygens (including phenoxy) is 1. The lowest BCUT2D eigenvalue weighted by Crippen LogP contribution is -2.44. The standard InChI is InChI=1S/C14H24N2O3S/c1-14(2,3)20(17,18)16(10-6-9-15)12-7-5-8-13(11-12)19-4/h5,7-8,11H,6,9-10,15H2,1-4H3. The minimum atomic E-state index is -3.47. The number of nitrogens with zero attached hydrogens (tertiary/aromatic N) is 1. The first-order valence-corrected chi connectivity index (χ1v) is 8.04. The van der Waals surface area contributed by atoms with Crippen LogP contribution in [0.3, 0.4) is 0 Å². The van der Waals surface area contributed by atoms with Gasteiger partial charge in [-0.1, -0.05) is 6.07 Å². The molecule has 0 aliphatic heterocycles. The highest BCUT2D eigenvalue weighted by Gasteiger charge is 2.35. The van der Waals surface area contributed by atoms with Gasteiger partial charge >= 0.3 is 0 Å². The van der Waals surface area contributed by atoms with E-state index in [4.69, 9.17) is 10.5 Å². The molecule has 1 aromatic rings. The molecule has 20 heavy (non-hydrogen) atoms. The molecule has 0 aromatic heterocycles. The Labute approximate surface area is 121 Å². The summed E-state index contributed by atoms with van der Waals surface area (Å²) in [4.78, 5) is 0. The third-order valence-electron chi connectivity index (χ3n) is 2.97. The van der Waals surface area contributed by atoms with E-state index in [0.29, 0.717) is 30.9 Å². The van der Waals surface area contributed by atoms with E-state index in [1.807, 2.05) is 0 Å². The van der Waals surface area contributed by atoms with Gasteiger partial charge in [-0.25, -0.2) is 8.42 Å². The Hall–Kier alpha value is -1.27. The summed E-state index contributed by atoms with van der Waals surface area (Å²) in [5.74, 6) is 0.629. The topological polar surface area (TPSA) is 72.6 Å². The van der Waals surface area contributed by atoms with E-state index in [9.17, 15) is 8.42 Å². The van der Waals surface area contributed by atoms with Crippen LogP contribution in [0.5, 0.6) is 5.75 Å². The third kappa shape index (κ3) is 3.64. The molecule has 0 heterocycles. The van der Waals surface area contributed by atoms with Crippen molar-refractivity contribution in [3.8, 4) is 5.75 Å². The van der Waals surface area contributed by atoms with Crippen molar-refractivity contribution in [1.29, 1.82) is 0 Å². The van der Waals surface area contributed by atoms with Crippen molar-refractivity contribution in [2.45, 2.75) is 31.9 Å². The van der Waals surface area contributed by atoms with E-state index in [1.165, 1.54) is 4.31 Å². The largest absolute Gasteiger partial charge is 0.497 e. The molecular weight excluding hydrogens is 276 g/mol.